The van der Waals surface area contributed by atoms with Crippen molar-refractivity contribution in [2.75, 3.05) is 7.11 Å². The molecule has 3 aromatic rings. The maximum absolute atomic E-state index is 13.5. The van der Waals surface area contributed by atoms with Crippen LogP contribution in [0.3, 0.4) is 0 Å². The Balaban J connectivity index is 1.90. The van der Waals surface area contributed by atoms with Crippen molar-refractivity contribution in [1.29, 1.82) is 5.26 Å². The zero-order valence-electron chi connectivity index (χ0n) is 15.8. The molecule has 0 bridgehead atoms. The Hall–Kier alpha value is -2.71. The summed E-state index contributed by atoms with van der Waals surface area (Å²) >= 11 is 18.5. The number of nitriles is 1. The quantitative estimate of drug-likeness (QED) is 0.282. The highest BCUT2D eigenvalue weighted by atomic mass is 35.5. The molecule has 0 aromatic heterocycles. The first-order chi connectivity index (χ1) is 14.4. The van der Waals surface area contributed by atoms with Crippen molar-refractivity contribution in [1.82, 2.24) is 0 Å². The molecule has 0 radical (unpaired) electrons. The molecule has 0 amide bonds. The number of benzene rings is 3. The molecule has 0 heterocycles. The van der Waals surface area contributed by atoms with Gasteiger partial charge in [-0.1, -0.05) is 53.0 Å². The van der Waals surface area contributed by atoms with E-state index in [4.69, 9.17) is 44.3 Å². The Morgan fingerprint density at radius 1 is 1.07 bits per heavy atom. The number of hydrogen-bond donors (Lipinski definition) is 0. The van der Waals surface area contributed by atoms with Crippen LogP contribution >= 0.6 is 34.8 Å². The van der Waals surface area contributed by atoms with E-state index < -0.39 is 5.82 Å². The number of ether oxygens (including phenoxy) is 2. The number of nitrogens with zero attached hydrogens (tertiary/aromatic N) is 1. The van der Waals surface area contributed by atoms with Crippen molar-refractivity contribution in [2.45, 2.75) is 6.61 Å². The van der Waals surface area contributed by atoms with Crippen LogP contribution in [0, 0.1) is 17.1 Å². The van der Waals surface area contributed by atoms with E-state index in [1.807, 2.05) is 0 Å². The van der Waals surface area contributed by atoms with Gasteiger partial charge in [0.25, 0.3) is 0 Å². The van der Waals surface area contributed by atoms with Gasteiger partial charge in [-0.05, 0) is 53.6 Å². The van der Waals surface area contributed by atoms with Crippen molar-refractivity contribution in [3.05, 3.63) is 92.2 Å². The third-order valence-corrected chi connectivity index (χ3v) is 5.07. The molecule has 152 valence electrons. The lowest BCUT2D eigenvalue weighted by molar-refractivity contribution is 0.285. The summed E-state index contributed by atoms with van der Waals surface area (Å²) in [5.41, 5.74) is 2.09. The van der Waals surface area contributed by atoms with E-state index in [0.717, 1.165) is 5.56 Å². The molecule has 0 fully saturated rings. The minimum absolute atomic E-state index is 0.161. The number of allylic oxidation sites excluding steroid dienone is 1. The van der Waals surface area contributed by atoms with Crippen molar-refractivity contribution in [2.24, 2.45) is 0 Å². The highest BCUT2D eigenvalue weighted by Crippen LogP contribution is 2.38. The van der Waals surface area contributed by atoms with Gasteiger partial charge < -0.3 is 9.47 Å². The summed E-state index contributed by atoms with van der Waals surface area (Å²) in [7, 11) is 1.49. The summed E-state index contributed by atoms with van der Waals surface area (Å²) in [6.45, 7) is 0.161. The van der Waals surface area contributed by atoms with Gasteiger partial charge in [0.05, 0.1) is 23.8 Å². The SMILES string of the molecule is COc1cc(/C=C(/C#N)c2cccc(F)c2)cc(Cl)c1OCc1ccc(Cl)cc1Cl. The van der Waals surface area contributed by atoms with E-state index in [1.165, 1.54) is 19.2 Å². The molecule has 3 rings (SSSR count). The maximum Gasteiger partial charge on any atom is 0.180 e. The molecular formula is C23H15Cl3FNO2. The fraction of sp³-hybridized carbons (Fsp3) is 0.0870. The molecule has 3 nitrogen and oxygen atoms in total. The molecule has 0 saturated carbocycles. The monoisotopic (exact) mass is 461 g/mol. The molecule has 0 N–H and O–H groups in total. The van der Waals surface area contributed by atoms with Gasteiger partial charge in [-0.15, -0.1) is 0 Å². The van der Waals surface area contributed by atoms with Crippen LogP contribution in [0.15, 0.2) is 54.6 Å². The summed E-state index contributed by atoms with van der Waals surface area (Å²) < 4.78 is 24.7. The maximum atomic E-state index is 13.5. The molecule has 30 heavy (non-hydrogen) atoms. The van der Waals surface area contributed by atoms with Crippen LogP contribution in [0.25, 0.3) is 11.6 Å². The molecule has 0 unspecified atom stereocenters. The van der Waals surface area contributed by atoms with Crippen molar-refractivity contribution in [3.63, 3.8) is 0 Å². The smallest absolute Gasteiger partial charge is 0.180 e. The van der Waals surface area contributed by atoms with Crippen LogP contribution in [-0.4, -0.2) is 7.11 Å². The first-order valence-corrected chi connectivity index (χ1v) is 9.86. The number of halogens is 4. The summed E-state index contributed by atoms with van der Waals surface area (Å²) in [5.74, 6) is 0.302. The van der Waals surface area contributed by atoms with Gasteiger partial charge in [0.1, 0.15) is 12.4 Å². The van der Waals surface area contributed by atoms with Gasteiger partial charge in [0.2, 0.25) is 0 Å². The number of hydrogen-bond acceptors (Lipinski definition) is 3. The van der Waals surface area contributed by atoms with Gasteiger partial charge in [-0.2, -0.15) is 5.26 Å². The lowest BCUT2D eigenvalue weighted by atomic mass is 10.0. The van der Waals surface area contributed by atoms with E-state index in [0.29, 0.717) is 37.7 Å². The van der Waals surface area contributed by atoms with E-state index in [1.54, 1.807) is 48.5 Å². The fourth-order valence-electron chi connectivity index (χ4n) is 2.75. The van der Waals surface area contributed by atoms with Crippen molar-refractivity contribution in [3.8, 4) is 17.6 Å². The van der Waals surface area contributed by atoms with E-state index in [-0.39, 0.29) is 12.2 Å². The van der Waals surface area contributed by atoms with Crippen molar-refractivity contribution >= 4 is 46.5 Å². The molecule has 0 atom stereocenters. The van der Waals surface area contributed by atoms with E-state index in [9.17, 15) is 9.65 Å². The molecule has 0 aliphatic carbocycles. The zero-order valence-corrected chi connectivity index (χ0v) is 18.0. The molecule has 7 heteroatoms. The molecule has 0 aliphatic rings. The van der Waals surface area contributed by atoms with Gasteiger partial charge >= 0.3 is 0 Å². The molecule has 3 aromatic carbocycles. The first-order valence-electron chi connectivity index (χ1n) is 8.73. The average molecular weight is 463 g/mol. The fourth-order valence-corrected chi connectivity index (χ4v) is 3.49. The predicted molar refractivity (Wildman–Crippen MR) is 119 cm³/mol. The molecule has 0 aliphatic heterocycles. The van der Waals surface area contributed by atoms with Crippen LogP contribution in [0.2, 0.25) is 15.1 Å². The zero-order chi connectivity index (χ0) is 21.7. The first kappa shape index (κ1) is 22.0. The largest absolute Gasteiger partial charge is 0.493 e. The van der Waals surface area contributed by atoms with Crippen LogP contribution in [-0.2, 0) is 6.61 Å². The van der Waals surface area contributed by atoms with E-state index in [2.05, 4.69) is 6.07 Å². The standard InChI is InChI=1S/C23H15Cl3FNO2/c1-29-22-9-14(7-17(12-28)15-3-2-4-19(27)10-15)8-21(26)23(22)30-13-16-5-6-18(24)11-20(16)25/h2-11H,13H2,1H3/b17-7-. The minimum atomic E-state index is -0.422. The Labute approximate surface area is 188 Å². The summed E-state index contributed by atoms with van der Waals surface area (Å²) in [5, 5.41) is 10.8. The van der Waals surface area contributed by atoms with Gasteiger partial charge in [0, 0.05) is 15.6 Å². The lowest BCUT2D eigenvalue weighted by Crippen LogP contribution is -1.99. The minimum Gasteiger partial charge on any atom is -0.493 e. The number of methoxy groups -OCH3 is 1. The van der Waals surface area contributed by atoms with Crippen LogP contribution in [0.4, 0.5) is 4.39 Å². The van der Waals surface area contributed by atoms with E-state index >= 15 is 0 Å². The van der Waals surface area contributed by atoms with Gasteiger partial charge in [-0.3, -0.25) is 0 Å². The Morgan fingerprint density at radius 3 is 2.53 bits per heavy atom. The lowest BCUT2D eigenvalue weighted by Gasteiger charge is -2.14. The van der Waals surface area contributed by atoms with Crippen LogP contribution in [0.5, 0.6) is 11.5 Å². The Bertz CT molecular complexity index is 1160. The van der Waals surface area contributed by atoms with Gasteiger partial charge in [-0.25, -0.2) is 4.39 Å². The van der Waals surface area contributed by atoms with Gasteiger partial charge in [0.15, 0.2) is 11.5 Å². The third-order valence-electron chi connectivity index (χ3n) is 4.21. The topological polar surface area (TPSA) is 42.2 Å². The van der Waals surface area contributed by atoms with Crippen molar-refractivity contribution < 1.29 is 13.9 Å². The second-order valence-corrected chi connectivity index (χ2v) is 7.49. The summed E-state index contributed by atoms with van der Waals surface area (Å²) in [6.07, 6.45) is 1.60. The predicted octanol–water partition coefficient (Wildman–Crippen LogP) is 7.44. The Kier molecular flexibility index (Phi) is 7.23. The van der Waals surface area contributed by atoms with Crippen LogP contribution < -0.4 is 9.47 Å². The normalized spacial score (nSPS) is 11.1. The third kappa shape index (κ3) is 5.25. The van der Waals surface area contributed by atoms with Crippen LogP contribution in [0.1, 0.15) is 16.7 Å². The summed E-state index contributed by atoms with van der Waals surface area (Å²) in [6, 6.07) is 16.3. The highest BCUT2D eigenvalue weighted by Gasteiger charge is 2.14. The number of rotatable bonds is 6. The average Bonchev–Trinajstić information content (AvgIpc) is 2.72. The molecular weight excluding hydrogens is 448 g/mol. The molecule has 0 saturated heterocycles. The second-order valence-electron chi connectivity index (χ2n) is 6.24. The summed E-state index contributed by atoms with van der Waals surface area (Å²) in [4.78, 5) is 0. The Morgan fingerprint density at radius 2 is 1.87 bits per heavy atom. The molecule has 0 spiro atoms. The second kappa shape index (κ2) is 9.86. The highest BCUT2D eigenvalue weighted by molar-refractivity contribution is 6.35.